The van der Waals surface area contributed by atoms with Crippen molar-refractivity contribution in [3.8, 4) is 0 Å². The minimum Gasteiger partial charge on any atom is -0.325 e. The third-order valence-electron chi connectivity index (χ3n) is 6.79. The largest absolute Gasteiger partial charge is 0.325 e. The highest BCUT2D eigenvalue weighted by Gasteiger charge is 2.56. The van der Waals surface area contributed by atoms with Gasteiger partial charge in [-0.2, -0.15) is 0 Å². The number of anilines is 2. The number of rotatable bonds is 5. The molecule has 202 valence electrons. The third kappa shape index (κ3) is 4.52. The number of thioether (sulfide) groups is 1. The molecule has 0 bridgehead atoms. The molecule has 1 saturated heterocycles. The Balaban J connectivity index is 1.40. The zero-order chi connectivity index (χ0) is 28.1. The van der Waals surface area contributed by atoms with Gasteiger partial charge in [0.15, 0.2) is 0 Å². The van der Waals surface area contributed by atoms with Crippen LogP contribution in [0.15, 0.2) is 82.6 Å². The lowest BCUT2D eigenvalue weighted by atomic mass is 9.83. The van der Waals surface area contributed by atoms with Crippen LogP contribution >= 0.6 is 23.1 Å². The zero-order valence-electron chi connectivity index (χ0n) is 20.3. The van der Waals surface area contributed by atoms with Gasteiger partial charge < -0.3 is 5.32 Å². The standard InChI is InChI=1S/C28H18F3N3O4S2/c29-15-3-1-14(2-4-15)21-22-23(26(37)34(25(22)36)19-11-7-17(31)8-12-19)39-27-24(21)40-28(38)33(27)13-20(35)32-18-9-5-16(30)6-10-18/h1-12,21-23H,13H2,(H,32,35). The Bertz CT molecular complexity index is 1700. The summed E-state index contributed by atoms with van der Waals surface area (Å²) in [6.45, 7) is -0.383. The predicted molar refractivity (Wildman–Crippen MR) is 144 cm³/mol. The number of imide groups is 1. The predicted octanol–water partition coefficient (Wildman–Crippen LogP) is 4.76. The smallest absolute Gasteiger partial charge is 0.308 e. The first-order valence-corrected chi connectivity index (χ1v) is 13.8. The van der Waals surface area contributed by atoms with Crippen LogP contribution < -0.4 is 15.1 Å². The van der Waals surface area contributed by atoms with Crippen LogP contribution in [0.5, 0.6) is 0 Å². The molecule has 3 amide bonds. The van der Waals surface area contributed by atoms with Crippen molar-refractivity contribution in [3.05, 3.63) is 110 Å². The second-order valence-electron chi connectivity index (χ2n) is 9.26. The molecule has 0 radical (unpaired) electrons. The Hall–Kier alpha value is -4.16. The van der Waals surface area contributed by atoms with Crippen LogP contribution in [0.4, 0.5) is 24.5 Å². The van der Waals surface area contributed by atoms with E-state index in [4.69, 9.17) is 0 Å². The molecule has 6 rings (SSSR count). The number of aromatic nitrogens is 1. The Morgan fingerprint density at radius 1 is 0.800 bits per heavy atom. The number of carbonyl (C=O) groups is 3. The van der Waals surface area contributed by atoms with Gasteiger partial charge in [-0.3, -0.25) is 23.7 Å². The first-order valence-electron chi connectivity index (χ1n) is 12.1. The summed E-state index contributed by atoms with van der Waals surface area (Å²) in [4.78, 5) is 54.4. The number of amides is 3. The molecule has 2 aliphatic heterocycles. The van der Waals surface area contributed by atoms with Gasteiger partial charge in [-0.1, -0.05) is 35.2 Å². The number of nitrogens with zero attached hydrogens (tertiary/aromatic N) is 2. The Kier molecular flexibility index (Phi) is 6.59. The summed E-state index contributed by atoms with van der Waals surface area (Å²) in [6, 6.07) is 15.6. The van der Waals surface area contributed by atoms with Gasteiger partial charge in [-0.15, -0.1) is 0 Å². The van der Waals surface area contributed by atoms with E-state index in [1.165, 1.54) is 65.2 Å². The highest BCUT2D eigenvalue weighted by Crippen LogP contribution is 2.53. The molecule has 3 heterocycles. The van der Waals surface area contributed by atoms with Gasteiger partial charge >= 0.3 is 4.87 Å². The van der Waals surface area contributed by atoms with Crippen LogP contribution in [0, 0.1) is 23.4 Å². The van der Waals surface area contributed by atoms with Gasteiger partial charge in [-0.05, 0) is 66.2 Å². The first kappa shape index (κ1) is 26.1. The lowest BCUT2D eigenvalue weighted by Crippen LogP contribution is -2.33. The number of carbonyl (C=O) groups excluding carboxylic acids is 3. The van der Waals surface area contributed by atoms with E-state index in [0.29, 0.717) is 21.2 Å². The molecule has 2 aliphatic rings. The van der Waals surface area contributed by atoms with E-state index in [-0.39, 0.29) is 12.2 Å². The molecule has 3 aromatic carbocycles. The molecule has 3 unspecified atom stereocenters. The summed E-state index contributed by atoms with van der Waals surface area (Å²) in [7, 11) is 0. The molecule has 0 aliphatic carbocycles. The Morgan fingerprint density at radius 2 is 1.38 bits per heavy atom. The third-order valence-corrected chi connectivity index (χ3v) is 9.40. The second-order valence-corrected chi connectivity index (χ2v) is 11.4. The zero-order valence-corrected chi connectivity index (χ0v) is 22.0. The monoisotopic (exact) mass is 581 g/mol. The Labute approximate surface area is 233 Å². The second kappa shape index (κ2) is 10.1. The lowest BCUT2D eigenvalue weighted by Gasteiger charge is -2.30. The van der Waals surface area contributed by atoms with Gasteiger partial charge in [0.2, 0.25) is 17.7 Å². The summed E-state index contributed by atoms with van der Waals surface area (Å²) in [5.41, 5.74) is 1.08. The summed E-state index contributed by atoms with van der Waals surface area (Å²) >= 11 is 1.88. The number of thiazole rings is 1. The summed E-state index contributed by atoms with van der Waals surface area (Å²) < 4.78 is 41.8. The molecule has 1 fully saturated rings. The summed E-state index contributed by atoms with van der Waals surface area (Å²) in [5.74, 6) is -4.76. The van der Waals surface area contributed by atoms with Gasteiger partial charge in [0.25, 0.3) is 0 Å². The number of hydrogen-bond acceptors (Lipinski definition) is 6. The number of halogens is 3. The topological polar surface area (TPSA) is 88.5 Å². The van der Waals surface area contributed by atoms with E-state index >= 15 is 0 Å². The molecule has 1 N–H and O–H groups in total. The van der Waals surface area contributed by atoms with Crippen LogP contribution in [0.25, 0.3) is 0 Å². The molecule has 40 heavy (non-hydrogen) atoms. The van der Waals surface area contributed by atoms with Crippen molar-refractivity contribution in [2.75, 3.05) is 10.2 Å². The van der Waals surface area contributed by atoms with Crippen LogP contribution in [-0.4, -0.2) is 27.5 Å². The Morgan fingerprint density at radius 3 is 2.00 bits per heavy atom. The van der Waals surface area contributed by atoms with E-state index in [1.54, 1.807) is 0 Å². The van der Waals surface area contributed by atoms with Gasteiger partial charge in [0.05, 0.1) is 16.6 Å². The number of hydrogen-bond donors (Lipinski definition) is 1. The molecular formula is C28H18F3N3O4S2. The maximum atomic E-state index is 13.8. The van der Waals surface area contributed by atoms with E-state index < -0.39 is 57.1 Å². The van der Waals surface area contributed by atoms with Crippen molar-refractivity contribution >= 4 is 52.2 Å². The quantitative estimate of drug-likeness (QED) is 0.344. The molecule has 1 aromatic heterocycles. The normalized spacial score (nSPS) is 19.9. The number of benzene rings is 3. The fourth-order valence-electron chi connectivity index (χ4n) is 5.01. The van der Waals surface area contributed by atoms with E-state index in [2.05, 4.69) is 5.32 Å². The van der Waals surface area contributed by atoms with Crippen molar-refractivity contribution < 1.29 is 27.6 Å². The van der Waals surface area contributed by atoms with Gasteiger partial charge in [0.1, 0.15) is 29.2 Å². The van der Waals surface area contributed by atoms with Crippen LogP contribution in [0.3, 0.4) is 0 Å². The van der Waals surface area contributed by atoms with Crippen molar-refractivity contribution in [1.82, 2.24) is 4.57 Å². The van der Waals surface area contributed by atoms with Crippen LogP contribution in [-0.2, 0) is 20.9 Å². The van der Waals surface area contributed by atoms with E-state index in [1.807, 2.05) is 0 Å². The molecule has 0 spiro atoms. The van der Waals surface area contributed by atoms with Crippen LogP contribution in [0.1, 0.15) is 16.4 Å². The fraction of sp³-hybridized carbons (Fsp3) is 0.143. The maximum Gasteiger partial charge on any atom is 0.308 e. The first-order chi connectivity index (χ1) is 19.2. The van der Waals surface area contributed by atoms with E-state index in [9.17, 15) is 32.3 Å². The average Bonchev–Trinajstić information content (AvgIpc) is 3.37. The highest BCUT2D eigenvalue weighted by molar-refractivity contribution is 8.00. The summed E-state index contributed by atoms with van der Waals surface area (Å²) in [6.07, 6.45) is 0. The molecule has 12 heteroatoms. The molecule has 3 atom stereocenters. The molecule has 7 nitrogen and oxygen atoms in total. The fourth-order valence-corrected chi connectivity index (χ4v) is 7.78. The van der Waals surface area contributed by atoms with Crippen molar-refractivity contribution in [1.29, 1.82) is 0 Å². The van der Waals surface area contributed by atoms with Crippen molar-refractivity contribution in [2.24, 2.45) is 5.92 Å². The van der Waals surface area contributed by atoms with Gasteiger partial charge in [0, 0.05) is 16.5 Å². The molecular weight excluding hydrogens is 563 g/mol. The van der Waals surface area contributed by atoms with Crippen molar-refractivity contribution in [3.63, 3.8) is 0 Å². The molecule has 0 saturated carbocycles. The number of fused-ring (bicyclic) bond motifs is 2. The van der Waals surface area contributed by atoms with Gasteiger partial charge in [-0.25, -0.2) is 18.1 Å². The number of nitrogens with one attached hydrogen (secondary N) is 1. The minimum absolute atomic E-state index is 0.212. The lowest BCUT2D eigenvalue weighted by molar-refractivity contribution is -0.122. The maximum absolute atomic E-state index is 13.8. The average molecular weight is 582 g/mol. The van der Waals surface area contributed by atoms with E-state index in [0.717, 1.165) is 40.1 Å². The van der Waals surface area contributed by atoms with Crippen molar-refractivity contribution in [2.45, 2.75) is 22.7 Å². The minimum atomic E-state index is -0.944. The molecule has 4 aromatic rings. The van der Waals surface area contributed by atoms with Crippen LogP contribution in [0.2, 0.25) is 0 Å². The highest BCUT2D eigenvalue weighted by atomic mass is 32.2. The SMILES string of the molecule is O=C(Cn1c2c(sc1=O)C(c1ccc(F)cc1)C1C(=O)N(c3ccc(F)cc3)C(=O)C1S2)Nc1ccc(F)cc1. The summed E-state index contributed by atoms with van der Waals surface area (Å²) in [5, 5.41) is 2.03.